The van der Waals surface area contributed by atoms with Crippen LogP contribution < -0.4 is 37.6 Å². The molecule has 0 saturated carbocycles. The standard InChI is InChI=1S/C34H50N4O7.C23H39N3O4.C4H8O2.2CO2/c1-21(33(4,5)6)17-26(37-32(43)45-34(7,8)9)18-25-15-16-28(39)27(19-25)38-30(41)22(2)35-29(40)23(3)36-31(42)44-20-24-13-11-10-12-14-24;1-14(22(3,4)5)11-17(25-21(29)30-23(6,7)8)12-16-9-10-19(27)18(13-16)26-20(28)15(2)24;1-3(2)4(5)6;2*2-1-3/h10-16,19,21-23,26,39H,17-18,20H2,1-9H3,(H,35,40)(H,36,42)(H,37,43)(H,38,41);9-10,13-15,17,27H,11-12,24H2,1-8H3,(H,25,29)(H,26,28);3H,1-2H3,(H,5,6);;/t21?,22?,23?,26-;14?,15?,17-;;;/m11.../s1. The van der Waals surface area contributed by atoms with Crippen LogP contribution in [0.15, 0.2) is 66.7 Å². The number of nitrogens with one attached hydrogen (secondary N) is 6. The fraction of sp³-hybridized carbons (Fsp3) is 0.571. The predicted molar refractivity (Wildman–Crippen MR) is 327 cm³/mol. The molecule has 0 aliphatic carbocycles. The van der Waals surface area contributed by atoms with E-state index in [1.54, 1.807) is 65.8 Å². The molecule has 24 nitrogen and oxygen atoms in total. The molecule has 3 aromatic rings. The van der Waals surface area contributed by atoms with Crippen LogP contribution in [0.25, 0.3) is 0 Å². The predicted octanol–water partition coefficient (Wildman–Crippen LogP) is 9.40. The van der Waals surface area contributed by atoms with E-state index in [9.17, 15) is 43.8 Å². The largest absolute Gasteiger partial charge is 0.506 e. The number of carboxylic acids is 1. The van der Waals surface area contributed by atoms with Gasteiger partial charge in [0.05, 0.1) is 23.3 Å². The number of carboxylic acid groups (broad SMARTS) is 1. The van der Waals surface area contributed by atoms with Gasteiger partial charge in [-0.05, 0) is 152 Å². The number of carbonyl (C=O) groups excluding carboxylic acids is 10. The first kappa shape index (κ1) is 80.7. The van der Waals surface area contributed by atoms with E-state index < -0.39 is 65.4 Å². The fourth-order valence-corrected chi connectivity index (χ4v) is 6.98. The normalized spacial score (nSPS) is 13.4. The Kier molecular flexibility index (Phi) is 35.9. The molecule has 7 atom stereocenters. The van der Waals surface area contributed by atoms with Gasteiger partial charge in [0.15, 0.2) is 0 Å². The third-order valence-electron chi connectivity index (χ3n) is 12.9. The number of alkyl carbamates (subject to hydrolysis) is 3. The number of nitrogens with two attached hydrogens (primary N) is 1. The Morgan fingerprint density at radius 3 is 1.20 bits per heavy atom. The topological polar surface area (TPSA) is 374 Å². The Bertz CT molecular complexity index is 2700. The van der Waals surface area contributed by atoms with Crippen LogP contribution in [0.5, 0.6) is 11.5 Å². The van der Waals surface area contributed by atoms with E-state index in [-0.39, 0.29) is 76.8 Å². The van der Waals surface area contributed by atoms with Crippen molar-refractivity contribution in [2.75, 3.05) is 10.6 Å². The Hall–Kier alpha value is -8.33. The lowest BCUT2D eigenvalue weighted by Gasteiger charge is -2.32. The first-order valence-electron chi connectivity index (χ1n) is 28.4. The molecule has 0 fully saturated rings. The maximum atomic E-state index is 12.9. The summed E-state index contributed by atoms with van der Waals surface area (Å²) in [6, 6.07) is 15.9. The highest BCUT2D eigenvalue weighted by Gasteiger charge is 2.29. The number of ether oxygens (including phenoxy) is 3. The van der Waals surface area contributed by atoms with Gasteiger partial charge in [-0.2, -0.15) is 19.2 Å². The van der Waals surface area contributed by atoms with Gasteiger partial charge in [0, 0.05) is 12.1 Å². The molecule has 486 valence electrons. The lowest BCUT2D eigenvalue weighted by Crippen LogP contribution is -2.50. The molecule has 87 heavy (non-hydrogen) atoms. The summed E-state index contributed by atoms with van der Waals surface area (Å²) in [4.78, 5) is 117. The minimum absolute atomic E-state index is 0.0119. The number of amides is 6. The van der Waals surface area contributed by atoms with Gasteiger partial charge >= 0.3 is 36.6 Å². The van der Waals surface area contributed by atoms with Crippen LogP contribution in [0.1, 0.15) is 161 Å². The van der Waals surface area contributed by atoms with E-state index in [0.29, 0.717) is 30.9 Å². The van der Waals surface area contributed by atoms with E-state index in [4.69, 9.17) is 44.2 Å². The third-order valence-corrected chi connectivity index (χ3v) is 12.9. The number of phenolic OH excluding ortho intramolecular Hbond substituents is 2. The number of carbonyl (C=O) groups is 7. The van der Waals surface area contributed by atoms with Crippen LogP contribution in [0.4, 0.5) is 25.8 Å². The quantitative estimate of drug-likeness (QED) is 0.0372. The van der Waals surface area contributed by atoms with Crippen LogP contribution in [0, 0.1) is 28.6 Å². The fourth-order valence-electron chi connectivity index (χ4n) is 6.98. The molecule has 0 aromatic heterocycles. The number of aliphatic carboxylic acids is 1. The van der Waals surface area contributed by atoms with Crippen molar-refractivity contribution in [3.05, 3.63) is 83.4 Å². The van der Waals surface area contributed by atoms with Gasteiger partial charge in [0.1, 0.15) is 41.4 Å². The first-order chi connectivity index (χ1) is 39.9. The summed E-state index contributed by atoms with van der Waals surface area (Å²) in [7, 11) is 0. The van der Waals surface area contributed by atoms with Crippen molar-refractivity contribution in [1.82, 2.24) is 21.3 Å². The molecule has 24 heteroatoms. The van der Waals surface area contributed by atoms with Crippen molar-refractivity contribution in [2.45, 2.75) is 205 Å². The maximum Gasteiger partial charge on any atom is 0.408 e. The smallest absolute Gasteiger partial charge is 0.408 e. The van der Waals surface area contributed by atoms with E-state index in [0.717, 1.165) is 23.1 Å². The van der Waals surface area contributed by atoms with Crippen LogP contribution in [0.3, 0.4) is 0 Å². The van der Waals surface area contributed by atoms with Crippen molar-refractivity contribution in [3.63, 3.8) is 0 Å². The second kappa shape index (κ2) is 38.7. The highest BCUT2D eigenvalue weighted by molar-refractivity contribution is 5.99. The number of benzene rings is 3. The summed E-state index contributed by atoms with van der Waals surface area (Å²) in [6.07, 6.45) is 1.15. The average Bonchev–Trinajstić information content (AvgIpc) is 3.47. The number of phenols is 2. The van der Waals surface area contributed by atoms with E-state index >= 15 is 0 Å². The summed E-state index contributed by atoms with van der Waals surface area (Å²) in [5.41, 5.74) is 7.37. The van der Waals surface area contributed by atoms with Crippen LogP contribution >= 0.6 is 0 Å². The van der Waals surface area contributed by atoms with E-state index in [1.807, 2.05) is 51.1 Å². The van der Waals surface area contributed by atoms with Gasteiger partial charge in [-0.25, -0.2) is 14.4 Å². The minimum Gasteiger partial charge on any atom is -0.506 e. The number of hydrogen-bond donors (Lipinski definition) is 10. The van der Waals surface area contributed by atoms with Gasteiger partial charge < -0.3 is 67.2 Å². The zero-order valence-corrected chi connectivity index (χ0v) is 54.1. The van der Waals surface area contributed by atoms with Gasteiger partial charge in [-0.15, -0.1) is 0 Å². The number of anilines is 2. The second-order valence-electron chi connectivity index (χ2n) is 25.4. The van der Waals surface area contributed by atoms with Crippen molar-refractivity contribution < 1.29 is 82.3 Å². The molecule has 0 bridgehead atoms. The summed E-state index contributed by atoms with van der Waals surface area (Å²) in [5.74, 6) is -2.09. The molecule has 6 amide bonds. The SMILES string of the molecule is CC(C)C(=O)O.CC(N)C(=O)Nc1cc(C[C@@H](CC(C)C(C)(C)C)NC(=O)OC(C)(C)C)ccc1O.CC(NC(=O)OCc1ccccc1)C(=O)NC(C)C(=O)Nc1cc(C[C@@H](CC(C)C(C)(C)C)NC(=O)OC(C)(C)C)ccc1O.O=C=O.O=C=O. The van der Waals surface area contributed by atoms with E-state index in [1.165, 1.54) is 26.0 Å². The molecule has 0 aliphatic rings. The maximum absolute atomic E-state index is 12.9. The van der Waals surface area contributed by atoms with Gasteiger partial charge in [-0.3, -0.25) is 19.2 Å². The monoisotopic (exact) mass is 1220 g/mol. The zero-order chi connectivity index (χ0) is 67.8. The van der Waals surface area contributed by atoms with Crippen molar-refractivity contribution in [1.29, 1.82) is 0 Å². The second-order valence-corrected chi connectivity index (χ2v) is 25.4. The Balaban J connectivity index is 0. The molecule has 3 rings (SSSR count). The number of aromatic hydroxyl groups is 2. The van der Waals surface area contributed by atoms with Gasteiger partial charge in [0.2, 0.25) is 17.7 Å². The number of rotatable bonds is 20. The summed E-state index contributed by atoms with van der Waals surface area (Å²) in [6.45, 7) is 36.0. The zero-order valence-electron chi connectivity index (χ0n) is 54.1. The highest BCUT2D eigenvalue weighted by atomic mass is 16.6. The lowest BCUT2D eigenvalue weighted by atomic mass is 9.78. The summed E-state index contributed by atoms with van der Waals surface area (Å²) < 4.78 is 16.1. The molecule has 0 heterocycles. The highest BCUT2D eigenvalue weighted by Crippen LogP contribution is 2.33. The first-order valence-corrected chi connectivity index (χ1v) is 28.4. The minimum atomic E-state index is -0.987. The van der Waals surface area contributed by atoms with Crippen LogP contribution in [-0.2, 0) is 72.0 Å². The molecule has 5 unspecified atom stereocenters. The summed E-state index contributed by atoms with van der Waals surface area (Å²) >= 11 is 0. The van der Waals surface area contributed by atoms with Gasteiger partial charge in [0.25, 0.3) is 0 Å². The Morgan fingerprint density at radius 1 is 0.506 bits per heavy atom. The molecule has 0 saturated heterocycles. The Labute approximate surface area is 512 Å². The van der Waals surface area contributed by atoms with E-state index in [2.05, 4.69) is 87.3 Å². The van der Waals surface area contributed by atoms with Crippen molar-refractivity contribution in [3.8, 4) is 11.5 Å². The molecule has 11 N–H and O–H groups in total. The molecule has 3 aromatic carbocycles. The molecular weight excluding hydrogens is 1130 g/mol. The number of hydrogen-bond acceptors (Lipinski definition) is 17. The molecular formula is C63H97N7O17. The molecule has 0 aliphatic heterocycles. The van der Waals surface area contributed by atoms with Crippen LogP contribution in [0.2, 0.25) is 0 Å². The Morgan fingerprint density at radius 2 is 0.862 bits per heavy atom. The van der Waals surface area contributed by atoms with Crippen molar-refractivity contribution >= 4 is 65.6 Å². The third kappa shape index (κ3) is 37.7. The summed E-state index contributed by atoms with van der Waals surface area (Å²) in [5, 5.41) is 44.8. The lowest BCUT2D eigenvalue weighted by molar-refractivity contribution is -0.193. The molecule has 0 radical (unpaired) electrons. The average molecular weight is 1220 g/mol. The van der Waals surface area contributed by atoms with Gasteiger partial charge in [-0.1, -0.05) is 112 Å². The molecule has 0 spiro atoms. The van der Waals surface area contributed by atoms with Crippen LogP contribution in [-0.4, -0.2) is 111 Å². The van der Waals surface area contributed by atoms with Crippen molar-refractivity contribution in [2.24, 2.45) is 34.3 Å².